The van der Waals surface area contributed by atoms with E-state index in [9.17, 15) is 14.4 Å². The number of aryl methyl sites for hydroxylation is 2. The number of benzene rings is 1. The molecule has 2 N–H and O–H groups in total. The van der Waals surface area contributed by atoms with Crippen molar-refractivity contribution in [3.63, 3.8) is 0 Å². The number of likely N-dealkylation sites (tertiary alicyclic amines) is 1. The highest BCUT2D eigenvalue weighted by atomic mass is 16.6. The molecule has 0 radical (unpaired) electrons. The van der Waals surface area contributed by atoms with Gasteiger partial charge in [0.05, 0.1) is 0 Å². The molecule has 1 aromatic carbocycles. The maximum absolute atomic E-state index is 12.6. The average Bonchev–Trinajstić information content (AvgIpc) is 3.31. The van der Waals surface area contributed by atoms with E-state index in [1.54, 1.807) is 4.90 Å². The number of aromatic amines is 1. The monoisotopic (exact) mass is 513 g/mol. The number of hydrogen-bond donors (Lipinski definition) is 2. The van der Waals surface area contributed by atoms with E-state index in [-0.39, 0.29) is 11.7 Å². The van der Waals surface area contributed by atoms with Crippen LogP contribution in [0.4, 0.5) is 16.3 Å². The second kappa shape index (κ2) is 12.4. The number of likely N-dealkylation sites (N-methyl/N-ethyl adjacent to an activating group) is 1. The summed E-state index contributed by atoms with van der Waals surface area (Å²) >= 11 is 0. The first-order valence-electron chi connectivity index (χ1n) is 13.4. The minimum atomic E-state index is -0.485. The number of carbonyl (C=O) groups is 1. The number of ether oxygens (including phenoxy) is 1. The zero-order valence-corrected chi connectivity index (χ0v) is 23.2. The Hall–Kier alpha value is -3.07. The van der Waals surface area contributed by atoms with E-state index < -0.39 is 11.3 Å². The zero-order valence-electron chi connectivity index (χ0n) is 23.2. The van der Waals surface area contributed by atoms with Crippen LogP contribution in [-0.4, -0.2) is 63.8 Å². The van der Waals surface area contributed by atoms with Gasteiger partial charge in [0, 0.05) is 37.4 Å². The van der Waals surface area contributed by atoms with Gasteiger partial charge < -0.3 is 19.9 Å². The van der Waals surface area contributed by atoms with Crippen LogP contribution >= 0.6 is 0 Å². The van der Waals surface area contributed by atoms with E-state index in [1.165, 1.54) is 21.8 Å². The molecule has 3 rings (SSSR count). The molecule has 0 unspecified atom stereocenters. The van der Waals surface area contributed by atoms with Gasteiger partial charge in [0.15, 0.2) is 0 Å². The number of amides is 1. The lowest BCUT2D eigenvalue weighted by Crippen LogP contribution is -2.39. The van der Waals surface area contributed by atoms with Crippen molar-refractivity contribution in [2.75, 3.05) is 32.0 Å². The van der Waals surface area contributed by atoms with Crippen molar-refractivity contribution in [1.82, 2.24) is 19.4 Å². The number of hydrogen-bond acceptors (Lipinski definition) is 6. The molecule has 0 bridgehead atoms. The second-order valence-corrected chi connectivity index (χ2v) is 11.0. The van der Waals surface area contributed by atoms with Crippen LogP contribution in [0.1, 0.15) is 64.5 Å². The highest BCUT2D eigenvalue weighted by molar-refractivity contribution is 5.68. The maximum Gasteiger partial charge on any atom is 0.410 e. The number of nitrogens with one attached hydrogen (secondary N) is 2. The quantitative estimate of drug-likeness (QED) is 0.461. The molecule has 0 saturated carbocycles. The van der Waals surface area contributed by atoms with E-state index in [0.717, 1.165) is 44.3 Å². The second-order valence-electron chi connectivity index (χ2n) is 11.0. The van der Waals surface area contributed by atoms with E-state index in [2.05, 4.69) is 36.1 Å². The van der Waals surface area contributed by atoms with Gasteiger partial charge in [0.25, 0.3) is 5.56 Å². The fourth-order valence-corrected chi connectivity index (χ4v) is 4.67. The van der Waals surface area contributed by atoms with Crippen LogP contribution in [0.5, 0.6) is 0 Å². The van der Waals surface area contributed by atoms with Gasteiger partial charge in [-0.2, -0.15) is 0 Å². The van der Waals surface area contributed by atoms with Crippen LogP contribution in [0.3, 0.4) is 0 Å². The molecule has 1 amide bonds. The lowest BCUT2D eigenvalue weighted by Gasteiger charge is -2.26. The van der Waals surface area contributed by atoms with Gasteiger partial charge in [0.1, 0.15) is 11.4 Å². The normalized spacial score (nSPS) is 15.9. The first kappa shape index (κ1) is 28.5. The standard InChI is InChI=1S/C28H43N5O4/c1-7-21-17-22(12-11-20(21)2)29-24-18-25(34)33(26(35)30-24)15-10-8-9-14-31(6)23-13-16-32(19-23)27(36)37-28(3,4)5/h11-12,17-18,23,29H,7-10,13-16,19H2,1-6H3,(H,30,35)/t23-/m0/s1. The first-order valence-corrected chi connectivity index (χ1v) is 13.4. The van der Waals surface area contributed by atoms with Gasteiger partial charge in [-0.3, -0.25) is 14.3 Å². The van der Waals surface area contributed by atoms with Crippen LogP contribution in [0.25, 0.3) is 0 Å². The van der Waals surface area contributed by atoms with Gasteiger partial charge >= 0.3 is 11.8 Å². The molecule has 2 aromatic rings. The van der Waals surface area contributed by atoms with Crippen LogP contribution in [0, 0.1) is 6.92 Å². The molecule has 204 valence electrons. The van der Waals surface area contributed by atoms with E-state index in [4.69, 9.17) is 4.74 Å². The van der Waals surface area contributed by atoms with Gasteiger partial charge in [0.2, 0.25) is 0 Å². The summed E-state index contributed by atoms with van der Waals surface area (Å²) < 4.78 is 6.74. The minimum Gasteiger partial charge on any atom is -0.444 e. The predicted molar refractivity (Wildman–Crippen MR) is 148 cm³/mol. The molecular weight excluding hydrogens is 470 g/mol. The Morgan fingerprint density at radius 2 is 1.95 bits per heavy atom. The maximum atomic E-state index is 12.6. The van der Waals surface area contributed by atoms with Crippen LogP contribution in [-0.2, 0) is 17.7 Å². The van der Waals surface area contributed by atoms with Crippen molar-refractivity contribution in [3.8, 4) is 0 Å². The molecule has 0 aliphatic carbocycles. The van der Waals surface area contributed by atoms with Gasteiger partial charge in [-0.25, -0.2) is 9.59 Å². The fraction of sp³-hybridized carbons (Fsp3) is 0.607. The average molecular weight is 514 g/mol. The molecule has 1 aromatic heterocycles. The Bertz CT molecular complexity index is 1150. The van der Waals surface area contributed by atoms with Crippen molar-refractivity contribution >= 4 is 17.6 Å². The third-order valence-corrected chi connectivity index (χ3v) is 6.86. The molecule has 1 fully saturated rings. The Labute approximate surface area is 219 Å². The summed E-state index contributed by atoms with van der Waals surface area (Å²) in [5, 5.41) is 3.14. The van der Waals surface area contributed by atoms with Crippen molar-refractivity contribution in [3.05, 3.63) is 56.2 Å². The number of H-pyrrole nitrogens is 1. The Balaban J connectivity index is 1.43. The summed E-state index contributed by atoms with van der Waals surface area (Å²) in [6.45, 7) is 12.5. The van der Waals surface area contributed by atoms with Crippen molar-refractivity contribution < 1.29 is 9.53 Å². The summed E-state index contributed by atoms with van der Waals surface area (Å²) in [5.41, 5.74) is 2.09. The smallest absolute Gasteiger partial charge is 0.410 e. The van der Waals surface area contributed by atoms with E-state index in [1.807, 2.05) is 39.0 Å². The topological polar surface area (TPSA) is 99.7 Å². The number of rotatable bonds is 10. The van der Waals surface area contributed by atoms with Crippen LogP contribution in [0.2, 0.25) is 0 Å². The summed E-state index contributed by atoms with van der Waals surface area (Å²) in [6.07, 6.45) is 4.21. The van der Waals surface area contributed by atoms with Gasteiger partial charge in [-0.15, -0.1) is 0 Å². The summed E-state index contributed by atoms with van der Waals surface area (Å²) in [6, 6.07) is 7.77. The summed E-state index contributed by atoms with van der Waals surface area (Å²) in [5.74, 6) is 0.399. The SMILES string of the molecule is CCc1cc(Nc2cc(=O)n(CCCCCN(C)[C@H]3CCN(C(=O)OC(C)(C)C)C3)c(=O)[nH]2)ccc1C. The molecule has 1 atom stereocenters. The van der Waals surface area contributed by atoms with Crippen LogP contribution in [0.15, 0.2) is 33.9 Å². The molecule has 2 heterocycles. The van der Waals surface area contributed by atoms with Gasteiger partial charge in [-0.1, -0.05) is 19.4 Å². The lowest BCUT2D eigenvalue weighted by molar-refractivity contribution is 0.0282. The van der Waals surface area contributed by atoms with Crippen LogP contribution < -0.4 is 16.6 Å². The van der Waals surface area contributed by atoms with Crippen molar-refractivity contribution in [2.45, 2.75) is 84.9 Å². The number of anilines is 2. The largest absolute Gasteiger partial charge is 0.444 e. The molecule has 1 aliphatic rings. The minimum absolute atomic E-state index is 0.246. The van der Waals surface area contributed by atoms with E-state index >= 15 is 0 Å². The highest BCUT2D eigenvalue weighted by Gasteiger charge is 2.31. The summed E-state index contributed by atoms with van der Waals surface area (Å²) in [4.78, 5) is 44.3. The fourth-order valence-electron chi connectivity index (χ4n) is 4.67. The number of carbonyl (C=O) groups excluding carboxylic acids is 1. The van der Waals surface area contributed by atoms with Gasteiger partial charge in [-0.05, 0) is 90.2 Å². The lowest BCUT2D eigenvalue weighted by atomic mass is 10.1. The Kier molecular flexibility index (Phi) is 9.59. The molecule has 9 nitrogen and oxygen atoms in total. The molecule has 0 spiro atoms. The number of unbranched alkanes of at least 4 members (excludes halogenated alkanes) is 2. The Morgan fingerprint density at radius 1 is 1.19 bits per heavy atom. The zero-order chi connectivity index (χ0) is 27.2. The Morgan fingerprint density at radius 3 is 2.62 bits per heavy atom. The third kappa shape index (κ3) is 8.21. The molecule has 9 heteroatoms. The van der Waals surface area contributed by atoms with Crippen molar-refractivity contribution in [2.24, 2.45) is 0 Å². The number of aromatic nitrogens is 2. The molecule has 1 saturated heterocycles. The summed E-state index contributed by atoms with van der Waals surface area (Å²) in [7, 11) is 2.09. The van der Waals surface area contributed by atoms with E-state index in [0.29, 0.717) is 31.5 Å². The van der Waals surface area contributed by atoms with Crippen molar-refractivity contribution in [1.29, 1.82) is 0 Å². The predicted octanol–water partition coefficient (Wildman–Crippen LogP) is 4.26. The molecule has 1 aliphatic heterocycles. The highest BCUT2D eigenvalue weighted by Crippen LogP contribution is 2.20. The number of nitrogens with zero attached hydrogens (tertiary/aromatic N) is 3. The molecular formula is C28H43N5O4. The third-order valence-electron chi connectivity index (χ3n) is 6.86. The first-order chi connectivity index (χ1) is 17.5. The molecule has 37 heavy (non-hydrogen) atoms.